The number of hydrogen-bond donors (Lipinski definition) is 1. The number of hydrogen-bond acceptors (Lipinski definition) is 5. The monoisotopic (exact) mass is 365 g/mol. The molecule has 1 unspecified atom stereocenters. The third-order valence-electron chi connectivity index (χ3n) is 4.39. The lowest BCUT2D eigenvalue weighted by atomic mass is 10.2. The summed E-state index contributed by atoms with van der Waals surface area (Å²) >= 11 is 1.39. The van der Waals surface area contributed by atoms with Crippen LogP contribution in [0.4, 0.5) is 0 Å². The zero-order chi connectivity index (χ0) is 15.0. The van der Waals surface area contributed by atoms with Gasteiger partial charge in [0.1, 0.15) is 4.21 Å². The van der Waals surface area contributed by atoms with Gasteiger partial charge >= 0.3 is 0 Å². The Balaban J connectivity index is 0.00000176. The minimum Gasteiger partial charge on any atom is -0.315 e. The van der Waals surface area contributed by atoms with Gasteiger partial charge in [-0.15, -0.1) is 23.7 Å². The third-order valence-corrected chi connectivity index (χ3v) is 8.06. The van der Waals surface area contributed by atoms with E-state index >= 15 is 0 Å². The van der Waals surface area contributed by atoms with Gasteiger partial charge < -0.3 is 5.32 Å². The molecule has 1 N–H and O–H groups in total. The van der Waals surface area contributed by atoms with Crippen LogP contribution in [0.15, 0.2) is 10.3 Å². The maximum atomic E-state index is 12.8. The predicted molar refractivity (Wildman–Crippen MR) is 92.6 cm³/mol. The van der Waals surface area contributed by atoms with Crippen molar-refractivity contribution in [3.05, 3.63) is 16.5 Å². The maximum Gasteiger partial charge on any atom is 0.252 e. The molecule has 8 heteroatoms. The number of sulfonamides is 1. The number of nitrogens with zero attached hydrogens (tertiary/aromatic N) is 2. The van der Waals surface area contributed by atoms with Gasteiger partial charge in [-0.3, -0.25) is 4.90 Å². The molecule has 2 aliphatic heterocycles. The van der Waals surface area contributed by atoms with Crippen molar-refractivity contribution in [1.29, 1.82) is 0 Å². The quantitative estimate of drug-likeness (QED) is 0.881. The fourth-order valence-corrected chi connectivity index (χ4v) is 6.48. The average Bonchev–Trinajstić information content (AvgIpc) is 3.09. The number of halogens is 1. The van der Waals surface area contributed by atoms with E-state index < -0.39 is 10.0 Å². The van der Waals surface area contributed by atoms with Crippen LogP contribution in [0, 0.1) is 13.8 Å². The second kappa shape index (κ2) is 7.15. The lowest BCUT2D eigenvalue weighted by Gasteiger charge is -2.37. The van der Waals surface area contributed by atoms with E-state index in [-0.39, 0.29) is 12.4 Å². The van der Waals surface area contributed by atoms with Gasteiger partial charge in [-0.25, -0.2) is 8.42 Å². The van der Waals surface area contributed by atoms with Crippen molar-refractivity contribution in [1.82, 2.24) is 14.5 Å². The van der Waals surface area contributed by atoms with Crippen LogP contribution in [0.25, 0.3) is 0 Å². The molecule has 2 fully saturated rings. The SMILES string of the molecule is Cc1cc(C)c(S(=O)(=O)N2CCN(C3CCNC3)CC2)s1.Cl. The molecule has 1 aromatic rings. The molecule has 2 saturated heterocycles. The van der Waals surface area contributed by atoms with Crippen molar-refractivity contribution < 1.29 is 8.42 Å². The lowest BCUT2D eigenvalue weighted by Crippen LogP contribution is -2.52. The fraction of sp³-hybridized carbons (Fsp3) is 0.714. The van der Waals surface area contributed by atoms with Crippen LogP contribution in [0.5, 0.6) is 0 Å². The van der Waals surface area contributed by atoms with Gasteiger partial charge in [0.25, 0.3) is 10.0 Å². The number of rotatable bonds is 3. The molecule has 0 amide bonds. The van der Waals surface area contributed by atoms with Crippen molar-refractivity contribution in [3.8, 4) is 0 Å². The number of nitrogens with one attached hydrogen (secondary N) is 1. The summed E-state index contributed by atoms with van der Waals surface area (Å²) in [7, 11) is -3.31. The Labute approximate surface area is 143 Å². The summed E-state index contributed by atoms with van der Waals surface area (Å²) < 4.78 is 27.7. The highest BCUT2D eigenvalue weighted by Gasteiger charge is 2.33. The van der Waals surface area contributed by atoms with Gasteiger partial charge in [0.2, 0.25) is 0 Å². The maximum absolute atomic E-state index is 12.8. The first-order valence-corrected chi connectivity index (χ1v) is 9.76. The lowest BCUT2D eigenvalue weighted by molar-refractivity contribution is 0.145. The zero-order valence-corrected chi connectivity index (χ0v) is 15.5. The Hall–Kier alpha value is -0.180. The molecule has 0 aliphatic carbocycles. The van der Waals surface area contributed by atoms with E-state index in [0.717, 1.165) is 36.6 Å². The van der Waals surface area contributed by atoms with Crippen molar-refractivity contribution in [3.63, 3.8) is 0 Å². The molecule has 0 radical (unpaired) electrons. The van der Waals surface area contributed by atoms with Crippen LogP contribution in [0.2, 0.25) is 0 Å². The molecule has 1 aromatic heterocycles. The van der Waals surface area contributed by atoms with Crippen molar-refractivity contribution in [2.75, 3.05) is 39.3 Å². The van der Waals surface area contributed by atoms with E-state index in [0.29, 0.717) is 23.3 Å². The minimum atomic E-state index is -3.31. The molecule has 126 valence electrons. The molecule has 22 heavy (non-hydrogen) atoms. The number of thiophene rings is 1. The van der Waals surface area contributed by atoms with E-state index in [1.54, 1.807) is 4.31 Å². The summed E-state index contributed by atoms with van der Waals surface area (Å²) in [4.78, 5) is 3.49. The van der Waals surface area contributed by atoms with Crippen LogP contribution in [0.1, 0.15) is 16.9 Å². The van der Waals surface area contributed by atoms with Gasteiger partial charge in [-0.2, -0.15) is 4.31 Å². The number of piperazine rings is 1. The molecule has 3 rings (SSSR count). The van der Waals surface area contributed by atoms with Crippen LogP contribution >= 0.6 is 23.7 Å². The molecule has 5 nitrogen and oxygen atoms in total. The molecule has 0 spiro atoms. The molecule has 1 atom stereocenters. The van der Waals surface area contributed by atoms with E-state index in [2.05, 4.69) is 10.2 Å². The first-order valence-electron chi connectivity index (χ1n) is 7.50. The van der Waals surface area contributed by atoms with E-state index in [9.17, 15) is 8.42 Å². The largest absolute Gasteiger partial charge is 0.315 e. The van der Waals surface area contributed by atoms with Crippen LogP contribution in [0.3, 0.4) is 0 Å². The van der Waals surface area contributed by atoms with Crippen LogP contribution in [-0.2, 0) is 10.0 Å². The van der Waals surface area contributed by atoms with Crippen molar-refractivity contribution in [2.24, 2.45) is 0 Å². The summed E-state index contributed by atoms with van der Waals surface area (Å²) in [5, 5.41) is 3.38. The normalized spacial score (nSPS) is 24.4. The summed E-state index contributed by atoms with van der Waals surface area (Å²) in [6, 6.07) is 2.54. The fourth-order valence-electron chi connectivity index (χ4n) is 3.25. The predicted octanol–water partition coefficient (Wildman–Crippen LogP) is 1.45. The van der Waals surface area contributed by atoms with Crippen molar-refractivity contribution in [2.45, 2.75) is 30.5 Å². The Bertz CT molecular complexity index is 604. The Kier molecular flexibility index (Phi) is 5.90. The van der Waals surface area contributed by atoms with Crippen molar-refractivity contribution >= 4 is 33.8 Å². The first kappa shape index (κ1) is 18.2. The standard InChI is InChI=1S/C14H23N3O2S2.ClH/c1-11-9-12(2)20-14(11)21(18,19)17-7-5-16(6-8-17)13-3-4-15-10-13;/h9,13,15H,3-8,10H2,1-2H3;1H. The minimum absolute atomic E-state index is 0. The topological polar surface area (TPSA) is 52.7 Å². The molecule has 0 bridgehead atoms. The van der Waals surface area contributed by atoms with Gasteiger partial charge in [-0.05, 0) is 38.4 Å². The van der Waals surface area contributed by atoms with Gasteiger partial charge in [-0.1, -0.05) is 0 Å². The van der Waals surface area contributed by atoms with Gasteiger partial charge in [0.05, 0.1) is 0 Å². The highest BCUT2D eigenvalue weighted by molar-refractivity contribution is 7.91. The van der Waals surface area contributed by atoms with E-state index in [4.69, 9.17) is 0 Å². The average molecular weight is 366 g/mol. The number of aryl methyl sites for hydroxylation is 2. The summed E-state index contributed by atoms with van der Waals surface area (Å²) in [6.07, 6.45) is 1.18. The Morgan fingerprint density at radius 3 is 2.41 bits per heavy atom. The van der Waals surface area contributed by atoms with E-state index in [1.165, 1.54) is 17.8 Å². The molecular formula is C14H24ClN3O2S2. The highest BCUT2D eigenvalue weighted by Crippen LogP contribution is 2.29. The highest BCUT2D eigenvalue weighted by atomic mass is 35.5. The van der Waals surface area contributed by atoms with Crippen LogP contribution < -0.4 is 5.32 Å². The zero-order valence-electron chi connectivity index (χ0n) is 13.0. The summed E-state index contributed by atoms with van der Waals surface area (Å²) in [5.74, 6) is 0. The van der Waals surface area contributed by atoms with Gasteiger partial charge in [0, 0.05) is 43.6 Å². The van der Waals surface area contributed by atoms with Crippen LogP contribution in [-0.4, -0.2) is 62.9 Å². The summed E-state index contributed by atoms with van der Waals surface area (Å²) in [5.41, 5.74) is 0.875. The first-order chi connectivity index (χ1) is 9.98. The Morgan fingerprint density at radius 2 is 1.91 bits per heavy atom. The smallest absolute Gasteiger partial charge is 0.252 e. The third kappa shape index (κ3) is 3.49. The molecule has 0 aromatic carbocycles. The second-order valence-corrected chi connectivity index (χ2v) is 9.30. The molecule has 3 heterocycles. The molecule has 0 saturated carbocycles. The summed E-state index contributed by atoms with van der Waals surface area (Å²) in [6.45, 7) is 8.86. The molecule has 2 aliphatic rings. The second-order valence-electron chi connectivity index (χ2n) is 5.91. The van der Waals surface area contributed by atoms with E-state index in [1.807, 2.05) is 19.9 Å². The Morgan fingerprint density at radius 1 is 1.23 bits per heavy atom. The van der Waals surface area contributed by atoms with Gasteiger partial charge in [0.15, 0.2) is 0 Å². The molecular weight excluding hydrogens is 342 g/mol.